The highest BCUT2D eigenvalue weighted by Crippen LogP contribution is 2.43. The fourth-order valence-corrected chi connectivity index (χ4v) is 7.10. The summed E-state index contributed by atoms with van der Waals surface area (Å²) >= 11 is 1.77. The molecule has 0 saturated heterocycles. The summed E-state index contributed by atoms with van der Waals surface area (Å²) in [5, 5.41) is 14.9. The van der Waals surface area contributed by atoms with E-state index in [2.05, 4.69) is 75.2 Å². The smallest absolute Gasteiger partial charge is 0.177 e. The zero-order chi connectivity index (χ0) is 22.7. The van der Waals surface area contributed by atoms with Crippen molar-refractivity contribution >= 4 is 11.3 Å². The van der Waals surface area contributed by atoms with Gasteiger partial charge in [-0.25, -0.2) is 0 Å². The molecule has 0 spiro atoms. The van der Waals surface area contributed by atoms with Gasteiger partial charge in [0.05, 0.1) is 4.88 Å². The number of rotatable bonds is 7. The molecular weight excluding hydrogens is 436 g/mol. The van der Waals surface area contributed by atoms with Crippen LogP contribution in [0.5, 0.6) is 0 Å². The maximum Gasteiger partial charge on any atom is 0.214 e. The van der Waals surface area contributed by atoms with E-state index in [0.29, 0.717) is 5.82 Å². The molecule has 2 aromatic heterocycles. The monoisotopic (exact) mass is 468 g/mol. The lowest BCUT2D eigenvalue weighted by atomic mass is 9.93. The first-order valence-electron chi connectivity index (χ1n) is 12.9. The lowest BCUT2D eigenvalue weighted by Crippen LogP contribution is -1.99. The number of nitrogens with zero attached hydrogens (tertiary/aromatic N) is 3. The molecule has 2 aromatic carbocycles. The molecule has 6 rings (SSSR count). The maximum atomic E-state index is 4.26. The zero-order valence-corrected chi connectivity index (χ0v) is 20.5. The standard InChI is InChI=1S/C29H32N4S/c1-2-8-20(7-1)15-22-11-5-13-24(17-22)26-19-27(29-30-32-33-31-29)34-28(26)25-14-6-12-23(18-25)16-21-9-3-4-10-21/h5-6,11-14,17-21H,1-4,7-10,15-16H2,(H,30,31,32,33). The van der Waals surface area contributed by atoms with Gasteiger partial charge in [-0.2, -0.15) is 5.21 Å². The summed E-state index contributed by atoms with van der Waals surface area (Å²) in [6, 6.07) is 20.7. The van der Waals surface area contributed by atoms with Crippen LogP contribution in [0.4, 0.5) is 0 Å². The molecule has 0 atom stereocenters. The van der Waals surface area contributed by atoms with Gasteiger partial charge in [-0.3, -0.25) is 0 Å². The molecule has 5 heteroatoms. The molecule has 2 aliphatic carbocycles. The summed E-state index contributed by atoms with van der Waals surface area (Å²) in [6.07, 6.45) is 13.5. The van der Waals surface area contributed by atoms with Gasteiger partial charge < -0.3 is 0 Å². The lowest BCUT2D eigenvalue weighted by Gasteiger charge is -2.12. The number of aromatic nitrogens is 4. The van der Waals surface area contributed by atoms with Crippen LogP contribution in [0.25, 0.3) is 32.3 Å². The molecule has 0 radical (unpaired) electrons. The summed E-state index contributed by atoms with van der Waals surface area (Å²) in [4.78, 5) is 2.35. The highest BCUT2D eigenvalue weighted by molar-refractivity contribution is 7.19. The number of hydrogen-bond donors (Lipinski definition) is 1. The van der Waals surface area contributed by atoms with Gasteiger partial charge in [0.15, 0.2) is 0 Å². The highest BCUT2D eigenvalue weighted by Gasteiger charge is 2.20. The van der Waals surface area contributed by atoms with E-state index in [1.54, 1.807) is 11.3 Å². The minimum atomic E-state index is 0.668. The second-order valence-corrected chi connectivity index (χ2v) is 11.3. The molecule has 0 aliphatic heterocycles. The van der Waals surface area contributed by atoms with E-state index in [1.807, 2.05) is 0 Å². The minimum Gasteiger partial charge on any atom is -0.177 e. The van der Waals surface area contributed by atoms with Crippen molar-refractivity contribution in [1.82, 2.24) is 20.6 Å². The average molecular weight is 469 g/mol. The van der Waals surface area contributed by atoms with Crippen LogP contribution >= 0.6 is 11.3 Å². The van der Waals surface area contributed by atoms with Crippen LogP contribution < -0.4 is 0 Å². The van der Waals surface area contributed by atoms with E-state index in [0.717, 1.165) is 16.7 Å². The summed E-state index contributed by atoms with van der Waals surface area (Å²) in [5.74, 6) is 2.36. The Balaban J connectivity index is 1.37. The zero-order valence-electron chi connectivity index (χ0n) is 19.7. The van der Waals surface area contributed by atoms with Crippen LogP contribution in [-0.4, -0.2) is 20.6 Å². The average Bonchev–Trinajstić information content (AvgIpc) is 3.67. The normalized spacial score (nSPS) is 17.1. The minimum absolute atomic E-state index is 0.668. The number of nitrogens with one attached hydrogen (secondary N) is 1. The molecular formula is C29H32N4S. The third-order valence-electron chi connectivity index (χ3n) is 7.72. The Kier molecular flexibility index (Phi) is 6.28. The Morgan fingerprint density at radius 2 is 1.38 bits per heavy atom. The van der Waals surface area contributed by atoms with Crippen molar-refractivity contribution in [2.24, 2.45) is 11.8 Å². The SMILES string of the molecule is c1cc(CC2CCCC2)cc(-c2cc(-c3nn[nH]n3)sc2-c2cccc(CC3CCCC3)c2)c1. The second kappa shape index (κ2) is 9.83. The Morgan fingerprint density at radius 3 is 2.00 bits per heavy atom. The number of H-pyrrole nitrogens is 1. The van der Waals surface area contributed by atoms with Crippen LogP contribution in [-0.2, 0) is 12.8 Å². The van der Waals surface area contributed by atoms with Gasteiger partial charge in [0.2, 0.25) is 5.82 Å². The predicted molar refractivity (Wildman–Crippen MR) is 140 cm³/mol. The van der Waals surface area contributed by atoms with Crippen LogP contribution in [0.2, 0.25) is 0 Å². The van der Waals surface area contributed by atoms with E-state index in [9.17, 15) is 0 Å². The molecule has 2 aliphatic rings. The summed E-state index contributed by atoms with van der Waals surface area (Å²) in [6.45, 7) is 0. The van der Waals surface area contributed by atoms with Crippen molar-refractivity contribution < 1.29 is 0 Å². The van der Waals surface area contributed by atoms with Crippen LogP contribution in [0.1, 0.15) is 62.5 Å². The van der Waals surface area contributed by atoms with Crippen LogP contribution in [0.3, 0.4) is 0 Å². The van der Waals surface area contributed by atoms with Crippen molar-refractivity contribution in [3.05, 3.63) is 65.7 Å². The Labute approximate surface area is 205 Å². The molecule has 0 amide bonds. The van der Waals surface area contributed by atoms with Gasteiger partial charge >= 0.3 is 0 Å². The molecule has 2 fully saturated rings. The Bertz CT molecular complexity index is 1150. The number of benzene rings is 2. The van der Waals surface area contributed by atoms with Crippen molar-refractivity contribution in [1.29, 1.82) is 0 Å². The van der Waals surface area contributed by atoms with E-state index >= 15 is 0 Å². The molecule has 1 N–H and O–H groups in total. The van der Waals surface area contributed by atoms with Gasteiger partial charge in [-0.05, 0) is 58.2 Å². The van der Waals surface area contributed by atoms with Crippen molar-refractivity contribution in [2.75, 3.05) is 0 Å². The fourth-order valence-electron chi connectivity index (χ4n) is 6.00. The first-order valence-corrected chi connectivity index (χ1v) is 13.7. The van der Waals surface area contributed by atoms with Gasteiger partial charge in [0.1, 0.15) is 0 Å². The summed E-state index contributed by atoms with van der Waals surface area (Å²) in [5.41, 5.74) is 6.78. The highest BCUT2D eigenvalue weighted by atomic mass is 32.1. The van der Waals surface area contributed by atoms with Crippen molar-refractivity contribution in [2.45, 2.75) is 64.2 Å². The molecule has 2 saturated carbocycles. The second-order valence-electron chi connectivity index (χ2n) is 10.2. The topological polar surface area (TPSA) is 54.5 Å². The molecule has 0 bridgehead atoms. The molecule has 4 nitrogen and oxygen atoms in total. The van der Waals surface area contributed by atoms with Crippen molar-refractivity contribution in [3.63, 3.8) is 0 Å². The number of hydrogen-bond acceptors (Lipinski definition) is 4. The van der Waals surface area contributed by atoms with Gasteiger partial charge in [0, 0.05) is 10.4 Å². The first kappa shape index (κ1) is 21.7. The Hall–Kier alpha value is -2.79. The van der Waals surface area contributed by atoms with Gasteiger partial charge in [-0.15, -0.1) is 21.5 Å². The van der Waals surface area contributed by atoms with Crippen LogP contribution in [0, 0.1) is 11.8 Å². The van der Waals surface area contributed by atoms with Crippen molar-refractivity contribution in [3.8, 4) is 32.3 Å². The number of thiophene rings is 1. The Morgan fingerprint density at radius 1 is 0.765 bits per heavy atom. The third-order valence-corrected chi connectivity index (χ3v) is 8.90. The molecule has 4 aromatic rings. The molecule has 174 valence electrons. The van der Waals surface area contributed by atoms with Crippen LogP contribution in [0.15, 0.2) is 54.6 Å². The summed E-state index contributed by atoms with van der Waals surface area (Å²) < 4.78 is 0. The maximum absolute atomic E-state index is 4.26. The van der Waals surface area contributed by atoms with Gasteiger partial charge in [0.25, 0.3) is 0 Å². The third kappa shape index (κ3) is 4.72. The lowest BCUT2D eigenvalue weighted by molar-refractivity contribution is 0.546. The molecule has 0 unspecified atom stereocenters. The largest absolute Gasteiger partial charge is 0.214 e. The van der Waals surface area contributed by atoms with E-state index < -0.39 is 0 Å². The molecule has 34 heavy (non-hydrogen) atoms. The predicted octanol–water partition coefficient (Wildman–Crippen LogP) is 7.73. The van der Waals surface area contributed by atoms with E-state index in [4.69, 9.17) is 0 Å². The van der Waals surface area contributed by atoms with Gasteiger partial charge in [-0.1, -0.05) is 99.9 Å². The quantitative estimate of drug-likeness (QED) is 0.302. The molecule has 2 heterocycles. The van der Waals surface area contributed by atoms with E-state index in [-0.39, 0.29) is 0 Å². The first-order chi connectivity index (χ1) is 16.8. The number of tetrazole rings is 1. The fraction of sp³-hybridized carbons (Fsp3) is 0.414. The summed E-state index contributed by atoms with van der Waals surface area (Å²) in [7, 11) is 0. The number of aromatic amines is 1. The van der Waals surface area contributed by atoms with E-state index in [1.165, 1.54) is 96.9 Å².